The molecule has 2 rings (SSSR count). The topological polar surface area (TPSA) is 41.6 Å². The van der Waals surface area contributed by atoms with Crippen LogP contribution in [0.4, 0.5) is 4.79 Å². The fourth-order valence-corrected chi connectivity index (χ4v) is 3.55. The zero-order valence-electron chi connectivity index (χ0n) is 10.9. The van der Waals surface area contributed by atoms with Crippen molar-refractivity contribution in [1.82, 2.24) is 10.2 Å². The van der Waals surface area contributed by atoms with Gasteiger partial charge in [-0.25, -0.2) is 4.79 Å². The van der Waals surface area contributed by atoms with Gasteiger partial charge < -0.3 is 15.0 Å². The maximum Gasteiger partial charge on any atom is 0.410 e. The molecule has 0 aliphatic carbocycles. The Balaban J connectivity index is 1.89. The quantitative estimate of drug-likeness (QED) is 0.718. The zero-order chi connectivity index (χ0) is 12.5. The second-order valence-corrected chi connectivity index (χ2v) is 7.03. The van der Waals surface area contributed by atoms with Gasteiger partial charge in [-0.15, -0.1) is 0 Å². The Hall–Kier alpha value is -0.420. The van der Waals surface area contributed by atoms with E-state index in [1.54, 1.807) is 0 Å². The highest BCUT2D eigenvalue weighted by molar-refractivity contribution is 8.00. The van der Waals surface area contributed by atoms with E-state index in [0.717, 1.165) is 31.8 Å². The Bertz CT molecular complexity index is 291. The number of thioether (sulfide) groups is 1. The third kappa shape index (κ3) is 3.52. The summed E-state index contributed by atoms with van der Waals surface area (Å²) in [6, 6.07) is 0.576. The Morgan fingerprint density at radius 3 is 2.94 bits per heavy atom. The molecule has 2 heterocycles. The maximum atomic E-state index is 12.0. The summed E-state index contributed by atoms with van der Waals surface area (Å²) in [5, 5.41) is 4.06. The molecule has 0 saturated carbocycles. The molecule has 0 aromatic rings. The van der Waals surface area contributed by atoms with E-state index >= 15 is 0 Å². The number of carbonyl (C=O) groups excluding carboxylic acids is 1. The maximum absolute atomic E-state index is 12.0. The Kier molecular flexibility index (Phi) is 3.88. The minimum Gasteiger partial charge on any atom is -0.444 e. The van der Waals surface area contributed by atoms with Gasteiger partial charge in [0.25, 0.3) is 0 Å². The molecule has 2 saturated heterocycles. The molecule has 5 heteroatoms. The van der Waals surface area contributed by atoms with Gasteiger partial charge in [0.05, 0.1) is 0 Å². The van der Waals surface area contributed by atoms with Crippen molar-refractivity contribution < 1.29 is 9.53 Å². The van der Waals surface area contributed by atoms with Gasteiger partial charge in [0.1, 0.15) is 5.60 Å². The van der Waals surface area contributed by atoms with Crippen LogP contribution in [0.2, 0.25) is 0 Å². The molecule has 2 aliphatic heterocycles. The molecule has 2 atom stereocenters. The van der Waals surface area contributed by atoms with Crippen LogP contribution in [0.1, 0.15) is 27.2 Å². The Morgan fingerprint density at radius 1 is 1.47 bits per heavy atom. The standard InChI is InChI=1S/C12H22N2O2S/c1-12(2,3)16-11(15)14-6-4-9-10(8-14)17-7-5-13-9/h9-10,13H,4-8H2,1-3H3/t9-,10-/m1/s1. The van der Waals surface area contributed by atoms with Gasteiger partial charge in [-0.2, -0.15) is 11.8 Å². The summed E-state index contributed by atoms with van der Waals surface area (Å²) in [6.07, 6.45) is 0.874. The molecule has 0 aromatic carbocycles. The van der Waals surface area contributed by atoms with Crippen molar-refractivity contribution in [2.24, 2.45) is 0 Å². The SMILES string of the molecule is CC(C)(C)OC(=O)N1CC[C@H]2NCCS[C@@H]2C1. The summed E-state index contributed by atoms with van der Waals surface area (Å²) in [7, 11) is 0. The number of carbonyl (C=O) groups is 1. The highest BCUT2D eigenvalue weighted by Gasteiger charge is 2.34. The monoisotopic (exact) mass is 258 g/mol. The number of amides is 1. The first-order valence-corrected chi connectivity index (χ1v) is 7.33. The molecular formula is C12H22N2O2S. The fourth-order valence-electron chi connectivity index (χ4n) is 2.27. The van der Waals surface area contributed by atoms with Crippen molar-refractivity contribution in [3.63, 3.8) is 0 Å². The summed E-state index contributed by atoms with van der Waals surface area (Å²) >= 11 is 1.97. The molecule has 1 N–H and O–H groups in total. The molecule has 2 aliphatic rings. The van der Waals surface area contributed by atoms with Crippen molar-refractivity contribution in [1.29, 1.82) is 0 Å². The molecule has 1 amide bonds. The van der Waals surface area contributed by atoms with Crippen LogP contribution in [0.3, 0.4) is 0 Å². The number of piperidine rings is 1. The van der Waals surface area contributed by atoms with E-state index in [2.05, 4.69) is 5.32 Å². The van der Waals surface area contributed by atoms with E-state index in [4.69, 9.17) is 4.74 Å². The van der Waals surface area contributed by atoms with Gasteiger partial charge in [0.2, 0.25) is 0 Å². The van der Waals surface area contributed by atoms with Crippen LogP contribution in [0.25, 0.3) is 0 Å². The molecule has 98 valence electrons. The highest BCUT2D eigenvalue weighted by atomic mass is 32.2. The predicted octanol–water partition coefficient (Wildman–Crippen LogP) is 1.70. The fraction of sp³-hybridized carbons (Fsp3) is 0.917. The van der Waals surface area contributed by atoms with Gasteiger partial charge in [0, 0.05) is 36.7 Å². The lowest BCUT2D eigenvalue weighted by Gasteiger charge is -2.41. The van der Waals surface area contributed by atoms with Crippen LogP contribution in [0, 0.1) is 0 Å². The lowest BCUT2D eigenvalue weighted by atomic mass is 10.0. The minimum atomic E-state index is -0.397. The summed E-state index contributed by atoms with van der Waals surface area (Å²) in [5.41, 5.74) is -0.397. The van der Waals surface area contributed by atoms with Crippen LogP contribution >= 0.6 is 11.8 Å². The number of fused-ring (bicyclic) bond motifs is 1. The molecule has 0 unspecified atom stereocenters. The van der Waals surface area contributed by atoms with Crippen LogP contribution in [0.5, 0.6) is 0 Å². The average Bonchev–Trinajstić information content (AvgIpc) is 2.26. The molecule has 4 nitrogen and oxygen atoms in total. The van der Waals surface area contributed by atoms with E-state index < -0.39 is 5.60 Å². The van der Waals surface area contributed by atoms with Gasteiger partial charge in [-0.05, 0) is 27.2 Å². The van der Waals surface area contributed by atoms with Crippen LogP contribution in [-0.2, 0) is 4.74 Å². The number of hydrogen-bond acceptors (Lipinski definition) is 4. The summed E-state index contributed by atoms with van der Waals surface area (Å²) < 4.78 is 5.41. The number of ether oxygens (including phenoxy) is 1. The minimum absolute atomic E-state index is 0.165. The number of hydrogen-bond donors (Lipinski definition) is 1. The third-order valence-electron chi connectivity index (χ3n) is 3.05. The molecular weight excluding hydrogens is 236 g/mol. The van der Waals surface area contributed by atoms with Crippen molar-refractivity contribution in [3.8, 4) is 0 Å². The highest BCUT2D eigenvalue weighted by Crippen LogP contribution is 2.26. The first-order valence-electron chi connectivity index (χ1n) is 6.28. The summed E-state index contributed by atoms with van der Waals surface area (Å²) in [5.74, 6) is 1.14. The Labute approximate surface area is 107 Å². The Morgan fingerprint density at radius 2 is 2.24 bits per heavy atom. The molecule has 0 bridgehead atoms. The lowest BCUT2D eigenvalue weighted by molar-refractivity contribution is 0.0203. The van der Waals surface area contributed by atoms with Crippen LogP contribution in [0.15, 0.2) is 0 Å². The van der Waals surface area contributed by atoms with Crippen molar-refractivity contribution in [2.45, 2.75) is 44.1 Å². The number of likely N-dealkylation sites (tertiary alicyclic amines) is 1. The van der Waals surface area contributed by atoms with Crippen molar-refractivity contribution in [2.75, 3.05) is 25.4 Å². The largest absolute Gasteiger partial charge is 0.444 e. The molecule has 2 fully saturated rings. The second kappa shape index (κ2) is 5.06. The normalized spacial score (nSPS) is 29.7. The third-order valence-corrected chi connectivity index (χ3v) is 4.40. The summed E-state index contributed by atoms with van der Waals surface area (Å²) in [4.78, 5) is 13.8. The molecule has 0 spiro atoms. The van der Waals surface area contributed by atoms with E-state index in [1.165, 1.54) is 0 Å². The van der Waals surface area contributed by atoms with Gasteiger partial charge in [-0.3, -0.25) is 0 Å². The lowest BCUT2D eigenvalue weighted by Crippen LogP contribution is -2.56. The number of nitrogens with zero attached hydrogens (tertiary/aromatic N) is 1. The second-order valence-electron chi connectivity index (χ2n) is 5.68. The van der Waals surface area contributed by atoms with Crippen molar-refractivity contribution in [3.05, 3.63) is 0 Å². The smallest absolute Gasteiger partial charge is 0.410 e. The number of rotatable bonds is 0. The molecule has 0 radical (unpaired) electrons. The van der Waals surface area contributed by atoms with Crippen LogP contribution in [-0.4, -0.2) is 53.3 Å². The molecule has 0 aromatic heterocycles. The van der Waals surface area contributed by atoms with E-state index in [9.17, 15) is 4.79 Å². The first-order chi connectivity index (χ1) is 7.96. The van der Waals surface area contributed by atoms with Crippen molar-refractivity contribution >= 4 is 17.9 Å². The first kappa shape index (κ1) is 13.0. The van der Waals surface area contributed by atoms with E-state index in [0.29, 0.717) is 11.3 Å². The zero-order valence-corrected chi connectivity index (χ0v) is 11.7. The summed E-state index contributed by atoms with van der Waals surface area (Å²) in [6.45, 7) is 8.46. The van der Waals surface area contributed by atoms with Crippen LogP contribution < -0.4 is 5.32 Å². The average molecular weight is 258 g/mol. The van der Waals surface area contributed by atoms with Gasteiger partial charge >= 0.3 is 6.09 Å². The predicted molar refractivity (Wildman–Crippen MR) is 70.5 cm³/mol. The molecule has 17 heavy (non-hydrogen) atoms. The van der Waals surface area contributed by atoms with Gasteiger partial charge in [-0.1, -0.05) is 0 Å². The number of nitrogens with one attached hydrogen (secondary N) is 1. The van der Waals surface area contributed by atoms with Gasteiger partial charge in [0.15, 0.2) is 0 Å². The van der Waals surface area contributed by atoms with E-state index in [1.807, 2.05) is 37.4 Å². The van der Waals surface area contributed by atoms with E-state index in [-0.39, 0.29) is 6.09 Å².